The molecule has 2 heterocycles. The van der Waals surface area contributed by atoms with Gasteiger partial charge in [0.2, 0.25) is 5.13 Å². The van der Waals surface area contributed by atoms with Gasteiger partial charge < -0.3 is 5.32 Å². The van der Waals surface area contributed by atoms with Gasteiger partial charge in [-0.3, -0.25) is 0 Å². The molecule has 7 heteroatoms. The van der Waals surface area contributed by atoms with Crippen LogP contribution in [-0.2, 0) is 16.3 Å². The second-order valence-electron chi connectivity index (χ2n) is 3.61. The zero-order chi connectivity index (χ0) is 10.9. The van der Waals surface area contributed by atoms with E-state index in [-0.39, 0.29) is 17.5 Å². The molecule has 2 rings (SSSR count). The third-order valence-electron chi connectivity index (χ3n) is 2.34. The number of anilines is 1. The number of rotatable bonds is 3. The first-order valence-electron chi connectivity index (χ1n) is 4.88. The Balaban J connectivity index is 1.98. The quantitative estimate of drug-likeness (QED) is 0.851. The van der Waals surface area contributed by atoms with Crippen molar-refractivity contribution in [1.29, 1.82) is 0 Å². The number of nitrogens with one attached hydrogen (secondary N) is 1. The van der Waals surface area contributed by atoms with Crippen LogP contribution in [0.5, 0.6) is 0 Å². The number of hydrogen-bond acceptors (Lipinski definition) is 6. The first-order chi connectivity index (χ1) is 7.09. The van der Waals surface area contributed by atoms with Crippen LogP contribution in [0.25, 0.3) is 0 Å². The van der Waals surface area contributed by atoms with Gasteiger partial charge in [-0.2, -0.15) is 4.37 Å². The van der Waals surface area contributed by atoms with Crippen molar-refractivity contribution in [1.82, 2.24) is 9.36 Å². The predicted molar refractivity (Wildman–Crippen MR) is 60.0 cm³/mol. The fourth-order valence-corrected chi connectivity index (χ4v) is 3.94. The molecule has 0 radical (unpaired) electrons. The van der Waals surface area contributed by atoms with Crippen molar-refractivity contribution in [3.63, 3.8) is 0 Å². The summed E-state index contributed by atoms with van der Waals surface area (Å²) >= 11 is 1.29. The lowest BCUT2D eigenvalue weighted by Crippen LogP contribution is -2.20. The lowest BCUT2D eigenvalue weighted by Gasteiger charge is -2.07. The molecule has 1 N–H and O–H groups in total. The Bertz CT molecular complexity index is 440. The summed E-state index contributed by atoms with van der Waals surface area (Å²) in [4.78, 5) is 4.24. The molecule has 5 nitrogen and oxygen atoms in total. The standard InChI is InChI=1S/C8H13N3O2S2/c1-2-7-10-8(14-11-7)9-6-3-4-15(12,13)5-6/h6H,2-5H2,1H3,(H,9,10,11). The molecule has 0 spiro atoms. The van der Waals surface area contributed by atoms with Crippen molar-refractivity contribution in [2.75, 3.05) is 16.8 Å². The number of aryl methyl sites for hydroxylation is 1. The van der Waals surface area contributed by atoms with Gasteiger partial charge in [0.1, 0.15) is 5.82 Å². The zero-order valence-corrected chi connectivity index (χ0v) is 10.1. The summed E-state index contributed by atoms with van der Waals surface area (Å²) in [5.74, 6) is 1.31. The van der Waals surface area contributed by atoms with E-state index in [2.05, 4.69) is 14.7 Å². The Morgan fingerprint density at radius 2 is 2.40 bits per heavy atom. The normalized spacial score (nSPS) is 24.2. The van der Waals surface area contributed by atoms with Crippen LogP contribution in [0.15, 0.2) is 0 Å². The van der Waals surface area contributed by atoms with Crippen LogP contribution in [0.3, 0.4) is 0 Å². The zero-order valence-electron chi connectivity index (χ0n) is 8.43. The first-order valence-corrected chi connectivity index (χ1v) is 7.48. The summed E-state index contributed by atoms with van der Waals surface area (Å²) in [6.45, 7) is 1.99. The Kier molecular flexibility index (Phi) is 2.92. The minimum absolute atomic E-state index is 0.00709. The van der Waals surface area contributed by atoms with Crippen molar-refractivity contribution in [2.45, 2.75) is 25.8 Å². The maximum Gasteiger partial charge on any atom is 0.202 e. The second-order valence-corrected chi connectivity index (χ2v) is 6.59. The van der Waals surface area contributed by atoms with E-state index >= 15 is 0 Å². The maximum atomic E-state index is 11.2. The van der Waals surface area contributed by atoms with Gasteiger partial charge in [-0.1, -0.05) is 6.92 Å². The predicted octanol–water partition coefficient (Wildman–Crippen LogP) is 0.699. The highest BCUT2D eigenvalue weighted by Gasteiger charge is 2.28. The molecule has 84 valence electrons. The fourth-order valence-electron chi connectivity index (χ4n) is 1.54. The molecule has 1 saturated heterocycles. The summed E-state index contributed by atoms with van der Waals surface area (Å²) in [6.07, 6.45) is 1.48. The molecule has 1 unspecified atom stereocenters. The Labute approximate surface area is 93.0 Å². The molecular weight excluding hydrogens is 234 g/mol. The lowest BCUT2D eigenvalue weighted by atomic mass is 10.3. The number of sulfone groups is 1. The van der Waals surface area contributed by atoms with E-state index in [0.717, 1.165) is 17.4 Å². The van der Waals surface area contributed by atoms with Gasteiger partial charge in [-0.05, 0) is 6.42 Å². The van der Waals surface area contributed by atoms with Crippen molar-refractivity contribution in [3.05, 3.63) is 5.82 Å². The highest BCUT2D eigenvalue weighted by molar-refractivity contribution is 7.91. The highest BCUT2D eigenvalue weighted by atomic mass is 32.2. The Morgan fingerprint density at radius 3 is 2.93 bits per heavy atom. The van der Waals surface area contributed by atoms with Gasteiger partial charge >= 0.3 is 0 Å². The number of hydrogen-bond donors (Lipinski definition) is 1. The molecular formula is C8H13N3O2S2. The van der Waals surface area contributed by atoms with Gasteiger partial charge in [-0.25, -0.2) is 13.4 Å². The van der Waals surface area contributed by atoms with Gasteiger partial charge in [0.15, 0.2) is 9.84 Å². The molecule has 0 aliphatic carbocycles. The van der Waals surface area contributed by atoms with Crippen LogP contribution in [-0.4, -0.2) is 35.3 Å². The molecule has 1 atom stereocenters. The summed E-state index contributed by atoms with van der Waals surface area (Å²) in [7, 11) is -2.82. The van der Waals surface area contributed by atoms with Gasteiger partial charge in [0.05, 0.1) is 11.5 Å². The maximum absolute atomic E-state index is 11.2. The van der Waals surface area contributed by atoms with E-state index in [4.69, 9.17) is 0 Å². The molecule has 0 bridgehead atoms. The molecule has 0 amide bonds. The van der Waals surface area contributed by atoms with E-state index in [0.29, 0.717) is 6.42 Å². The highest BCUT2D eigenvalue weighted by Crippen LogP contribution is 2.18. The summed E-state index contributed by atoms with van der Waals surface area (Å²) in [6, 6.07) is 0.00709. The molecule has 1 fully saturated rings. The molecule has 0 aromatic carbocycles. The van der Waals surface area contributed by atoms with Crippen molar-refractivity contribution in [2.24, 2.45) is 0 Å². The summed E-state index contributed by atoms with van der Waals surface area (Å²) < 4.78 is 26.6. The second kappa shape index (κ2) is 4.05. The summed E-state index contributed by atoms with van der Waals surface area (Å²) in [5.41, 5.74) is 0. The lowest BCUT2D eigenvalue weighted by molar-refractivity contribution is 0.602. The van der Waals surface area contributed by atoms with Crippen LogP contribution in [0.4, 0.5) is 5.13 Å². The van der Waals surface area contributed by atoms with Crippen LogP contribution < -0.4 is 5.32 Å². The molecule has 15 heavy (non-hydrogen) atoms. The molecule has 1 aliphatic heterocycles. The topological polar surface area (TPSA) is 72.0 Å². The van der Waals surface area contributed by atoms with E-state index < -0.39 is 9.84 Å². The van der Waals surface area contributed by atoms with Crippen LogP contribution in [0.2, 0.25) is 0 Å². The molecule has 1 aromatic rings. The van der Waals surface area contributed by atoms with Crippen molar-refractivity contribution >= 4 is 26.5 Å². The van der Waals surface area contributed by atoms with Crippen molar-refractivity contribution in [3.8, 4) is 0 Å². The SMILES string of the molecule is CCc1nsc(NC2CCS(=O)(=O)C2)n1. The summed E-state index contributed by atoms with van der Waals surface area (Å²) in [5, 5.41) is 3.85. The van der Waals surface area contributed by atoms with Gasteiger partial charge in [0, 0.05) is 24.0 Å². The molecule has 1 aromatic heterocycles. The van der Waals surface area contributed by atoms with Crippen LogP contribution >= 0.6 is 11.5 Å². The van der Waals surface area contributed by atoms with Crippen LogP contribution in [0.1, 0.15) is 19.2 Å². The third-order valence-corrected chi connectivity index (χ3v) is 4.80. The molecule has 1 aliphatic rings. The van der Waals surface area contributed by atoms with E-state index in [1.165, 1.54) is 11.5 Å². The minimum Gasteiger partial charge on any atom is -0.356 e. The van der Waals surface area contributed by atoms with Crippen LogP contribution in [0, 0.1) is 0 Å². The fraction of sp³-hybridized carbons (Fsp3) is 0.750. The smallest absolute Gasteiger partial charge is 0.202 e. The van der Waals surface area contributed by atoms with E-state index in [1.807, 2.05) is 6.92 Å². The number of nitrogens with zero attached hydrogens (tertiary/aromatic N) is 2. The monoisotopic (exact) mass is 247 g/mol. The average Bonchev–Trinajstić information content (AvgIpc) is 2.73. The van der Waals surface area contributed by atoms with Crippen molar-refractivity contribution < 1.29 is 8.42 Å². The van der Waals surface area contributed by atoms with E-state index in [1.54, 1.807) is 0 Å². The molecule has 0 saturated carbocycles. The van der Waals surface area contributed by atoms with Gasteiger partial charge in [0.25, 0.3) is 0 Å². The van der Waals surface area contributed by atoms with E-state index in [9.17, 15) is 8.42 Å². The Morgan fingerprint density at radius 1 is 1.60 bits per heavy atom. The first kappa shape index (κ1) is 10.8. The average molecular weight is 247 g/mol. The van der Waals surface area contributed by atoms with Gasteiger partial charge in [-0.15, -0.1) is 0 Å². The Hall–Kier alpha value is -0.690. The third kappa shape index (κ3) is 2.66. The largest absolute Gasteiger partial charge is 0.356 e. The number of aromatic nitrogens is 2. The minimum atomic E-state index is -2.82.